The van der Waals surface area contributed by atoms with Crippen LogP contribution in [-0.4, -0.2) is 15.5 Å². The number of nitrogens with zero attached hydrogens (tertiary/aromatic N) is 3. The van der Waals surface area contributed by atoms with Crippen LogP contribution in [0.2, 0.25) is 0 Å². The highest BCUT2D eigenvalue weighted by Crippen LogP contribution is 2.49. The second-order valence-corrected chi connectivity index (χ2v) is 4.77. The normalized spacial score (nSPS) is 12.0. The number of aliphatic imine (C=N–C) groups is 1. The number of hydrogen-bond donors (Lipinski definition) is 0. The third-order valence-corrected chi connectivity index (χ3v) is 3.27. The molecule has 1 rings (SSSR count). The summed E-state index contributed by atoms with van der Waals surface area (Å²) in [6.45, 7) is 0. The van der Waals surface area contributed by atoms with Crippen LogP contribution in [0.15, 0.2) is 38.8 Å². The van der Waals surface area contributed by atoms with Gasteiger partial charge in [-0.05, 0) is 60.9 Å². The molecule has 0 amide bonds. The molecule has 0 N–H and O–H groups in total. The first-order valence-corrected chi connectivity index (χ1v) is 7.05. The van der Waals surface area contributed by atoms with Crippen LogP contribution in [0.1, 0.15) is 0 Å². The molecule has 0 radical (unpaired) electrons. The lowest BCUT2D eigenvalue weighted by atomic mass is 10.3. The van der Waals surface area contributed by atoms with Gasteiger partial charge in [-0.15, -0.1) is 9.53 Å². The summed E-state index contributed by atoms with van der Waals surface area (Å²) in [5.74, 6) is 0.268. The Hall–Kier alpha value is -1.35. The first-order chi connectivity index (χ1) is 8.63. The van der Waals surface area contributed by atoms with Crippen LogP contribution in [0.4, 0.5) is 5.69 Å². The molecule has 0 heterocycles. The molecule has 0 aromatic heterocycles. The number of isothiocyanates is 3. The lowest BCUT2D eigenvalue weighted by Gasteiger charge is -2.07. The molecule has 0 saturated carbocycles. The van der Waals surface area contributed by atoms with Crippen LogP contribution in [0.3, 0.4) is 0 Å². The van der Waals surface area contributed by atoms with E-state index in [2.05, 4.69) is 56.3 Å². The van der Waals surface area contributed by atoms with Crippen LogP contribution in [-0.2, 0) is 4.57 Å². The minimum Gasteiger partial charge on any atom is -0.411 e. The summed E-state index contributed by atoms with van der Waals surface area (Å²) in [5, 5.41) is 6.11. The van der Waals surface area contributed by atoms with Crippen molar-refractivity contribution in [3.63, 3.8) is 0 Å². The molecule has 0 fully saturated rings. The lowest BCUT2D eigenvalue weighted by Crippen LogP contribution is -1.87. The van der Waals surface area contributed by atoms with Crippen molar-refractivity contribution >= 4 is 65.5 Å². The SMILES string of the molecule is O=P(N=C=S)(N=C=S)Oc1ccc(N=C=S)cc1. The molecule has 0 unspecified atom stereocenters. The zero-order chi connectivity index (χ0) is 13.4. The van der Waals surface area contributed by atoms with Gasteiger partial charge in [-0.3, -0.25) is 0 Å². The van der Waals surface area contributed by atoms with Crippen molar-refractivity contribution in [3.05, 3.63) is 24.3 Å². The van der Waals surface area contributed by atoms with E-state index in [9.17, 15) is 4.57 Å². The van der Waals surface area contributed by atoms with Crippen molar-refractivity contribution < 1.29 is 9.09 Å². The van der Waals surface area contributed by atoms with E-state index in [0.717, 1.165) is 0 Å². The maximum absolute atomic E-state index is 11.9. The van der Waals surface area contributed by atoms with Gasteiger partial charge in [0, 0.05) is 0 Å². The summed E-state index contributed by atoms with van der Waals surface area (Å²) in [7, 11) is -3.72. The summed E-state index contributed by atoms with van der Waals surface area (Å²) < 4.78 is 23.7. The predicted octanol–water partition coefficient (Wildman–Crippen LogP) is 4.11. The fraction of sp³-hybridized carbons (Fsp3) is 0. The topological polar surface area (TPSA) is 63.4 Å². The Morgan fingerprint density at radius 1 is 1.00 bits per heavy atom. The molecule has 0 aliphatic carbocycles. The van der Waals surface area contributed by atoms with E-state index in [1.807, 2.05) is 10.3 Å². The van der Waals surface area contributed by atoms with E-state index in [0.29, 0.717) is 5.69 Å². The van der Waals surface area contributed by atoms with Crippen LogP contribution in [0.25, 0.3) is 0 Å². The van der Waals surface area contributed by atoms with Crippen LogP contribution < -0.4 is 4.52 Å². The molecule has 0 spiro atoms. The van der Waals surface area contributed by atoms with E-state index in [-0.39, 0.29) is 5.75 Å². The van der Waals surface area contributed by atoms with Gasteiger partial charge in [-0.25, -0.2) is 4.57 Å². The number of rotatable bonds is 5. The second kappa shape index (κ2) is 7.17. The Morgan fingerprint density at radius 3 is 2.00 bits per heavy atom. The van der Waals surface area contributed by atoms with Gasteiger partial charge in [0.05, 0.1) is 21.2 Å². The molecule has 0 aliphatic heterocycles. The van der Waals surface area contributed by atoms with Gasteiger partial charge >= 0.3 is 7.67 Å². The average Bonchev–Trinajstić information content (AvgIpc) is 2.32. The minimum atomic E-state index is -3.72. The molecule has 9 heteroatoms. The monoisotopic (exact) mass is 313 g/mol. The van der Waals surface area contributed by atoms with Gasteiger partial charge in [0.25, 0.3) is 0 Å². The number of hydrogen-bond acceptors (Lipinski definition) is 6. The molecule has 18 heavy (non-hydrogen) atoms. The van der Waals surface area contributed by atoms with Gasteiger partial charge in [-0.1, -0.05) is 0 Å². The third-order valence-electron chi connectivity index (χ3n) is 1.57. The summed E-state index contributed by atoms with van der Waals surface area (Å²) in [6.07, 6.45) is 0. The summed E-state index contributed by atoms with van der Waals surface area (Å²) >= 11 is 13.2. The van der Waals surface area contributed by atoms with Gasteiger partial charge in [-0.2, -0.15) is 4.99 Å². The second-order valence-electron chi connectivity index (χ2n) is 2.66. The van der Waals surface area contributed by atoms with Crippen molar-refractivity contribution in [2.75, 3.05) is 0 Å². The fourth-order valence-electron chi connectivity index (χ4n) is 0.938. The zero-order valence-electron chi connectivity index (χ0n) is 8.64. The first kappa shape index (κ1) is 14.7. The number of thiocarbonyl (C=S) groups is 3. The zero-order valence-corrected chi connectivity index (χ0v) is 12.0. The first-order valence-electron chi connectivity index (χ1n) is 4.30. The largest absolute Gasteiger partial charge is 0.503 e. The van der Waals surface area contributed by atoms with E-state index in [4.69, 9.17) is 4.52 Å². The molecule has 1 aromatic carbocycles. The van der Waals surface area contributed by atoms with E-state index in [1.165, 1.54) is 12.1 Å². The summed E-state index contributed by atoms with van der Waals surface area (Å²) in [4.78, 5) is 3.75. The Kier molecular flexibility index (Phi) is 5.86. The molecule has 5 nitrogen and oxygen atoms in total. The summed E-state index contributed by atoms with van der Waals surface area (Å²) in [5.41, 5.74) is 0.587. The molecular weight excluding hydrogens is 309 g/mol. The average molecular weight is 313 g/mol. The number of benzene rings is 1. The van der Waals surface area contributed by atoms with E-state index in [1.54, 1.807) is 12.1 Å². The standard InChI is InChI=1S/C9H4N3O2PS3/c13-15(11-6-17,12-7-18)14-9-3-1-8(2-4-9)10-5-16/h1-4H. The molecule has 0 bridgehead atoms. The molecule has 0 atom stereocenters. The molecule has 0 saturated heterocycles. The molecule has 1 aromatic rings. The fourth-order valence-corrected chi connectivity index (χ4v) is 2.39. The Morgan fingerprint density at radius 2 is 1.56 bits per heavy atom. The molecule has 90 valence electrons. The quantitative estimate of drug-likeness (QED) is 0.465. The highest BCUT2D eigenvalue weighted by atomic mass is 32.1. The van der Waals surface area contributed by atoms with Crippen LogP contribution in [0, 0.1) is 0 Å². The highest BCUT2D eigenvalue weighted by molar-refractivity contribution is 7.79. The van der Waals surface area contributed by atoms with Gasteiger partial charge in [0.2, 0.25) is 0 Å². The molecule has 0 aliphatic rings. The Bertz CT molecular complexity index is 605. The highest BCUT2D eigenvalue weighted by Gasteiger charge is 2.22. The van der Waals surface area contributed by atoms with Crippen molar-refractivity contribution in [1.82, 2.24) is 0 Å². The van der Waals surface area contributed by atoms with Crippen LogP contribution >= 0.6 is 44.3 Å². The van der Waals surface area contributed by atoms with Crippen molar-refractivity contribution in [1.29, 1.82) is 0 Å². The lowest BCUT2D eigenvalue weighted by molar-refractivity contribution is 0.485. The van der Waals surface area contributed by atoms with Gasteiger partial charge < -0.3 is 4.52 Å². The van der Waals surface area contributed by atoms with Crippen molar-refractivity contribution in [3.8, 4) is 5.75 Å². The maximum Gasteiger partial charge on any atom is 0.503 e. The predicted molar refractivity (Wildman–Crippen MR) is 79.4 cm³/mol. The minimum absolute atomic E-state index is 0.268. The Labute approximate surface area is 119 Å². The summed E-state index contributed by atoms with van der Waals surface area (Å²) in [6, 6.07) is 6.24. The van der Waals surface area contributed by atoms with Gasteiger partial charge in [0.1, 0.15) is 5.75 Å². The van der Waals surface area contributed by atoms with Crippen molar-refractivity contribution in [2.45, 2.75) is 0 Å². The Balaban J connectivity index is 3.02. The van der Waals surface area contributed by atoms with Crippen molar-refractivity contribution in [2.24, 2.45) is 14.5 Å². The van der Waals surface area contributed by atoms with Crippen LogP contribution in [0.5, 0.6) is 5.75 Å². The third kappa shape index (κ3) is 4.49. The smallest absolute Gasteiger partial charge is 0.411 e. The van der Waals surface area contributed by atoms with E-state index < -0.39 is 7.67 Å². The maximum atomic E-state index is 11.9. The molecular formula is C9H4N3O2PS3. The van der Waals surface area contributed by atoms with Gasteiger partial charge in [0.15, 0.2) is 0 Å². The van der Waals surface area contributed by atoms with E-state index >= 15 is 0 Å².